The third-order valence-corrected chi connectivity index (χ3v) is 5.22. The molecule has 1 fully saturated rings. The number of aryl methyl sites for hydroxylation is 1. The zero-order valence-corrected chi connectivity index (χ0v) is 16.5. The van der Waals surface area contributed by atoms with E-state index in [4.69, 9.17) is 4.74 Å². The highest BCUT2D eigenvalue weighted by Crippen LogP contribution is 2.24. The van der Waals surface area contributed by atoms with Gasteiger partial charge in [0.25, 0.3) is 5.91 Å². The molecule has 3 aromatic rings. The predicted molar refractivity (Wildman–Crippen MR) is 110 cm³/mol. The number of morpholine rings is 1. The number of pyridine rings is 1. The van der Waals surface area contributed by atoms with Gasteiger partial charge in [0.05, 0.1) is 24.1 Å². The average molecular weight is 413 g/mol. The Labute approximate surface area is 171 Å². The van der Waals surface area contributed by atoms with Crippen molar-refractivity contribution in [1.29, 1.82) is 0 Å². The van der Waals surface area contributed by atoms with Crippen LogP contribution in [0.15, 0.2) is 47.4 Å². The molecule has 0 radical (unpaired) electrons. The van der Waals surface area contributed by atoms with Crippen LogP contribution in [0.25, 0.3) is 10.9 Å². The lowest BCUT2D eigenvalue weighted by Gasteiger charge is -2.29. The van der Waals surface area contributed by atoms with E-state index in [0.29, 0.717) is 43.1 Å². The largest absolute Gasteiger partial charge is 0.378 e. The van der Waals surface area contributed by atoms with Crippen molar-refractivity contribution in [3.05, 3.63) is 75.6 Å². The van der Waals surface area contributed by atoms with Crippen LogP contribution in [0.4, 0.5) is 14.5 Å². The maximum absolute atomic E-state index is 14.9. The lowest BCUT2D eigenvalue weighted by molar-refractivity contribution is 0.0949. The molecule has 1 aliphatic rings. The number of fused-ring (bicyclic) bond motifs is 1. The first-order valence-corrected chi connectivity index (χ1v) is 9.62. The van der Waals surface area contributed by atoms with Crippen molar-refractivity contribution in [2.75, 3.05) is 31.2 Å². The van der Waals surface area contributed by atoms with Crippen LogP contribution in [0.5, 0.6) is 0 Å². The Morgan fingerprint density at radius 1 is 1.13 bits per heavy atom. The van der Waals surface area contributed by atoms with Crippen molar-refractivity contribution in [2.45, 2.75) is 6.54 Å². The lowest BCUT2D eigenvalue weighted by Crippen LogP contribution is -2.36. The summed E-state index contributed by atoms with van der Waals surface area (Å²) in [5.74, 6) is -1.65. The number of aromatic nitrogens is 1. The van der Waals surface area contributed by atoms with Gasteiger partial charge < -0.3 is 19.5 Å². The van der Waals surface area contributed by atoms with Gasteiger partial charge in [0.1, 0.15) is 17.2 Å². The highest BCUT2D eigenvalue weighted by Gasteiger charge is 2.20. The fourth-order valence-corrected chi connectivity index (χ4v) is 3.58. The number of carbonyl (C=O) groups is 1. The highest BCUT2D eigenvalue weighted by molar-refractivity contribution is 5.97. The summed E-state index contributed by atoms with van der Waals surface area (Å²) in [6.07, 6.45) is 1.41. The van der Waals surface area contributed by atoms with Gasteiger partial charge in [-0.1, -0.05) is 12.1 Å². The second kappa shape index (κ2) is 8.23. The molecule has 0 spiro atoms. The molecule has 0 saturated carbocycles. The van der Waals surface area contributed by atoms with Gasteiger partial charge in [-0.3, -0.25) is 9.59 Å². The van der Waals surface area contributed by atoms with Crippen LogP contribution in [0.2, 0.25) is 0 Å². The number of hydrogen-bond donors (Lipinski definition) is 1. The van der Waals surface area contributed by atoms with E-state index in [9.17, 15) is 18.4 Å². The Kier molecular flexibility index (Phi) is 5.50. The van der Waals surface area contributed by atoms with Crippen molar-refractivity contribution in [3.8, 4) is 0 Å². The van der Waals surface area contributed by atoms with Crippen LogP contribution in [-0.2, 0) is 18.3 Å². The SMILES string of the molecule is Cn1cc(C(=O)NCc2ccc(F)cc2)c(=O)c2c(F)cc(N3CCOCC3)cc21. The molecule has 1 aromatic heterocycles. The van der Waals surface area contributed by atoms with Crippen LogP contribution in [0, 0.1) is 11.6 Å². The molecule has 0 atom stereocenters. The first kappa shape index (κ1) is 20.0. The van der Waals surface area contributed by atoms with Gasteiger partial charge in [0.2, 0.25) is 5.43 Å². The third kappa shape index (κ3) is 3.91. The zero-order valence-electron chi connectivity index (χ0n) is 16.5. The first-order valence-electron chi connectivity index (χ1n) is 9.62. The molecule has 2 heterocycles. The number of anilines is 1. The van der Waals surface area contributed by atoms with Crippen molar-refractivity contribution in [1.82, 2.24) is 9.88 Å². The summed E-state index contributed by atoms with van der Waals surface area (Å²) in [5.41, 5.74) is 0.961. The summed E-state index contributed by atoms with van der Waals surface area (Å²) >= 11 is 0. The second-order valence-electron chi connectivity index (χ2n) is 7.21. The Bertz CT molecular complexity index is 1150. The Morgan fingerprint density at radius 3 is 2.53 bits per heavy atom. The summed E-state index contributed by atoms with van der Waals surface area (Å²) in [4.78, 5) is 27.5. The number of halogens is 2. The molecule has 0 unspecified atom stereocenters. The van der Waals surface area contributed by atoms with E-state index in [1.165, 1.54) is 24.4 Å². The summed E-state index contributed by atoms with van der Waals surface area (Å²) in [7, 11) is 1.67. The standard InChI is InChI=1S/C22H21F2N3O3/c1-26-13-17(22(29)25-12-14-2-4-15(23)5-3-14)21(28)20-18(24)10-16(11-19(20)26)27-6-8-30-9-7-27/h2-5,10-11,13H,6-9,12H2,1H3,(H,25,29). The van der Waals surface area contributed by atoms with E-state index in [2.05, 4.69) is 5.32 Å². The molecular weight excluding hydrogens is 392 g/mol. The number of hydrogen-bond acceptors (Lipinski definition) is 4. The van der Waals surface area contributed by atoms with E-state index in [1.807, 2.05) is 4.90 Å². The average Bonchev–Trinajstić information content (AvgIpc) is 2.75. The van der Waals surface area contributed by atoms with Crippen LogP contribution in [0.1, 0.15) is 15.9 Å². The summed E-state index contributed by atoms with van der Waals surface area (Å²) in [6.45, 7) is 2.53. The monoisotopic (exact) mass is 413 g/mol. The number of carbonyl (C=O) groups excluding carboxylic acids is 1. The molecule has 0 bridgehead atoms. The van der Waals surface area contributed by atoms with Gasteiger partial charge in [0, 0.05) is 38.6 Å². The molecule has 6 nitrogen and oxygen atoms in total. The molecule has 1 amide bonds. The van der Waals surface area contributed by atoms with Gasteiger partial charge >= 0.3 is 0 Å². The van der Waals surface area contributed by atoms with Crippen molar-refractivity contribution < 1.29 is 18.3 Å². The van der Waals surface area contributed by atoms with Crippen molar-refractivity contribution >= 4 is 22.5 Å². The minimum atomic E-state index is -0.664. The number of amides is 1. The Morgan fingerprint density at radius 2 is 1.83 bits per heavy atom. The Hall–Kier alpha value is -3.26. The van der Waals surface area contributed by atoms with Gasteiger partial charge in [-0.05, 0) is 29.8 Å². The maximum Gasteiger partial charge on any atom is 0.257 e. The van der Waals surface area contributed by atoms with E-state index >= 15 is 0 Å². The number of nitrogens with zero attached hydrogens (tertiary/aromatic N) is 2. The topological polar surface area (TPSA) is 63.6 Å². The summed E-state index contributed by atoms with van der Waals surface area (Å²) in [6, 6.07) is 8.75. The molecule has 1 N–H and O–H groups in total. The minimum absolute atomic E-state index is 0.121. The number of benzene rings is 2. The van der Waals surface area contributed by atoms with Crippen LogP contribution >= 0.6 is 0 Å². The number of nitrogens with one attached hydrogen (secondary N) is 1. The molecule has 30 heavy (non-hydrogen) atoms. The predicted octanol–water partition coefficient (Wildman–Crippen LogP) is 2.58. The molecule has 0 aliphatic carbocycles. The fourth-order valence-electron chi connectivity index (χ4n) is 3.58. The second-order valence-corrected chi connectivity index (χ2v) is 7.21. The molecule has 156 valence electrons. The van der Waals surface area contributed by atoms with E-state index in [-0.39, 0.29) is 23.3 Å². The van der Waals surface area contributed by atoms with E-state index < -0.39 is 17.2 Å². The van der Waals surface area contributed by atoms with E-state index in [1.54, 1.807) is 29.8 Å². The number of rotatable bonds is 4. The third-order valence-electron chi connectivity index (χ3n) is 5.22. The van der Waals surface area contributed by atoms with Gasteiger partial charge in [-0.15, -0.1) is 0 Å². The zero-order chi connectivity index (χ0) is 21.3. The van der Waals surface area contributed by atoms with Gasteiger partial charge in [-0.25, -0.2) is 8.78 Å². The number of ether oxygens (including phenoxy) is 1. The molecule has 8 heteroatoms. The minimum Gasteiger partial charge on any atom is -0.378 e. The van der Waals surface area contributed by atoms with Crippen LogP contribution in [0.3, 0.4) is 0 Å². The van der Waals surface area contributed by atoms with Crippen molar-refractivity contribution in [3.63, 3.8) is 0 Å². The first-order chi connectivity index (χ1) is 14.4. The molecule has 1 saturated heterocycles. The quantitative estimate of drug-likeness (QED) is 0.714. The molecule has 1 aliphatic heterocycles. The maximum atomic E-state index is 14.9. The highest BCUT2D eigenvalue weighted by atomic mass is 19.1. The van der Waals surface area contributed by atoms with Crippen LogP contribution in [-0.4, -0.2) is 36.8 Å². The summed E-state index contributed by atoms with van der Waals surface area (Å²) in [5, 5.41) is 2.51. The molecule has 4 rings (SSSR count). The summed E-state index contributed by atoms with van der Waals surface area (Å²) < 4.78 is 34.9. The lowest BCUT2D eigenvalue weighted by atomic mass is 10.1. The van der Waals surface area contributed by atoms with Gasteiger partial charge in [0.15, 0.2) is 0 Å². The van der Waals surface area contributed by atoms with Crippen LogP contribution < -0.4 is 15.6 Å². The normalized spacial score (nSPS) is 14.2. The Balaban J connectivity index is 1.65. The van der Waals surface area contributed by atoms with Crippen molar-refractivity contribution in [2.24, 2.45) is 7.05 Å². The fraction of sp³-hybridized carbons (Fsp3) is 0.273. The molecule has 2 aromatic carbocycles. The smallest absolute Gasteiger partial charge is 0.257 e. The molecular formula is C22H21F2N3O3. The van der Waals surface area contributed by atoms with E-state index in [0.717, 1.165) is 0 Å². The van der Waals surface area contributed by atoms with Gasteiger partial charge in [-0.2, -0.15) is 0 Å².